The molecule has 0 saturated carbocycles. The van der Waals surface area contributed by atoms with Crippen LogP contribution in [-0.2, 0) is 4.79 Å². The number of carbonyl (C=O) groups is 1. The number of amides is 1. The summed E-state index contributed by atoms with van der Waals surface area (Å²) in [4.78, 5) is 20.5. The Labute approximate surface area is 121 Å². The molecule has 1 amide bonds. The highest BCUT2D eigenvalue weighted by atomic mass is 16.1. The number of nitrogens with one attached hydrogen (secondary N) is 1. The van der Waals surface area contributed by atoms with Crippen LogP contribution in [0.5, 0.6) is 0 Å². The Morgan fingerprint density at radius 3 is 3.00 bits per heavy atom. The number of anilines is 2. The van der Waals surface area contributed by atoms with Gasteiger partial charge in [-0.3, -0.25) is 9.69 Å². The number of hydrogen-bond acceptors (Lipinski definition) is 4. The molecular weight excluding hydrogens is 252 g/mol. The van der Waals surface area contributed by atoms with Crippen LogP contribution in [-0.4, -0.2) is 42.6 Å². The Hall–Kier alpha value is -1.62. The summed E-state index contributed by atoms with van der Waals surface area (Å²) in [6, 6.07) is 5.76. The number of rotatable bonds is 4. The van der Waals surface area contributed by atoms with Gasteiger partial charge in [-0.25, -0.2) is 4.98 Å². The first-order valence-corrected chi connectivity index (χ1v) is 7.31. The number of piperidine rings is 1. The molecule has 1 fully saturated rings. The van der Waals surface area contributed by atoms with Crippen LogP contribution in [0.25, 0.3) is 0 Å². The third kappa shape index (κ3) is 3.48. The SMILES string of the molecule is CCC(=O)Nc1cccc(N(C)C2CCCCN2C)n1. The molecule has 1 aliphatic rings. The Morgan fingerprint density at radius 1 is 1.50 bits per heavy atom. The third-order valence-corrected chi connectivity index (χ3v) is 3.86. The molecule has 2 heterocycles. The minimum Gasteiger partial charge on any atom is -0.344 e. The number of carbonyl (C=O) groups excluding carboxylic acids is 1. The van der Waals surface area contributed by atoms with Crippen molar-refractivity contribution in [3.8, 4) is 0 Å². The zero-order valence-corrected chi connectivity index (χ0v) is 12.6. The maximum absolute atomic E-state index is 11.4. The summed E-state index contributed by atoms with van der Waals surface area (Å²) in [5, 5.41) is 2.81. The molecule has 20 heavy (non-hydrogen) atoms. The monoisotopic (exact) mass is 276 g/mol. The highest BCUT2D eigenvalue weighted by Gasteiger charge is 2.23. The smallest absolute Gasteiger partial charge is 0.225 e. The Morgan fingerprint density at radius 2 is 2.30 bits per heavy atom. The lowest BCUT2D eigenvalue weighted by Crippen LogP contribution is -2.47. The molecule has 5 nitrogen and oxygen atoms in total. The van der Waals surface area contributed by atoms with Crippen LogP contribution in [0.2, 0.25) is 0 Å². The molecule has 1 atom stereocenters. The normalized spacial score (nSPS) is 19.6. The zero-order valence-electron chi connectivity index (χ0n) is 12.6. The molecule has 1 N–H and O–H groups in total. The van der Waals surface area contributed by atoms with E-state index >= 15 is 0 Å². The number of likely N-dealkylation sites (tertiary alicyclic amines) is 1. The van der Waals surface area contributed by atoms with Crippen molar-refractivity contribution >= 4 is 17.5 Å². The van der Waals surface area contributed by atoms with Crippen molar-refractivity contribution in [3.05, 3.63) is 18.2 Å². The van der Waals surface area contributed by atoms with Crippen LogP contribution in [0.1, 0.15) is 32.6 Å². The van der Waals surface area contributed by atoms with Crippen LogP contribution in [0.3, 0.4) is 0 Å². The van der Waals surface area contributed by atoms with Crippen LogP contribution >= 0.6 is 0 Å². The predicted octanol–water partition coefficient (Wildman–Crippen LogP) is 2.31. The molecule has 0 aromatic carbocycles. The number of hydrogen-bond donors (Lipinski definition) is 1. The van der Waals surface area contributed by atoms with Crippen molar-refractivity contribution < 1.29 is 4.79 Å². The molecular formula is C15H24N4O. The van der Waals surface area contributed by atoms with Gasteiger partial charge in [-0.05, 0) is 45.0 Å². The number of pyridine rings is 1. The van der Waals surface area contributed by atoms with Crippen LogP contribution in [0.4, 0.5) is 11.6 Å². The maximum atomic E-state index is 11.4. The molecule has 110 valence electrons. The Balaban J connectivity index is 2.11. The summed E-state index contributed by atoms with van der Waals surface area (Å²) in [7, 11) is 4.23. The van der Waals surface area contributed by atoms with Gasteiger partial charge in [-0.2, -0.15) is 0 Å². The first kappa shape index (κ1) is 14.8. The largest absolute Gasteiger partial charge is 0.344 e. The van der Waals surface area contributed by atoms with E-state index in [9.17, 15) is 4.79 Å². The van der Waals surface area contributed by atoms with Gasteiger partial charge in [0.25, 0.3) is 0 Å². The van der Waals surface area contributed by atoms with Crippen molar-refractivity contribution in [2.45, 2.75) is 38.8 Å². The second kappa shape index (κ2) is 6.70. The Kier molecular flexibility index (Phi) is 4.95. The molecule has 0 bridgehead atoms. The Bertz CT molecular complexity index is 463. The molecule has 2 rings (SSSR count). The standard InChI is InChI=1S/C15H24N4O/c1-4-14(20)17-12-8-7-9-13(16-12)19(3)15-10-5-6-11-18(15)2/h7-9,15H,4-6,10-11H2,1-3H3,(H,16,17,20). The minimum absolute atomic E-state index is 0.00733. The van der Waals surface area contributed by atoms with Gasteiger partial charge >= 0.3 is 0 Å². The van der Waals surface area contributed by atoms with Crippen molar-refractivity contribution in [2.24, 2.45) is 0 Å². The molecule has 0 aliphatic carbocycles. The van der Waals surface area contributed by atoms with Gasteiger partial charge in [0.2, 0.25) is 5.91 Å². The van der Waals surface area contributed by atoms with Gasteiger partial charge in [-0.15, -0.1) is 0 Å². The average molecular weight is 276 g/mol. The number of aromatic nitrogens is 1. The first-order valence-electron chi connectivity index (χ1n) is 7.31. The first-order chi connectivity index (χ1) is 9.61. The summed E-state index contributed by atoms with van der Waals surface area (Å²) in [5.41, 5.74) is 0. The van der Waals surface area contributed by atoms with Crippen molar-refractivity contribution in [2.75, 3.05) is 30.9 Å². The predicted molar refractivity (Wildman–Crippen MR) is 81.8 cm³/mol. The molecule has 1 aromatic rings. The van der Waals surface area contributed by atoms with E-state index < -0.39 is 0 Å². The van der Waals surface area contributed by atoms with E-state index in [-0.39, 0.29) is 5.91 Å². The fraction of sp³-hybridized carbons (Fsp3) is 0.600. The van der Waals surface area contributed by atoms with Gasteiger partial charge in [0.1, 0.15) is 11.6 Å². The van der Waals surface area contributed by atoms with Crippen LogP contribution < -0.4 is 10.2 Å². The maximum Gasteiger partial charge on any atom is 0.225 e. The van der Waals surface area contributed by atoms with Crippen LogP contribution in [0.15, 0.2) is 18.2 Å². The molecule has 0 spiro atoms. The summed E-state index contributed by atoms with van der Waals surface area (Å²) in [6.45, 7) is 2.96. The molecule has 5 heteroatoms. The van der Waals surface area contributed by atoms with E-state index in [0.717, 1.165) is 18.8 Å². The lowest BCUT2D eigenvalue weighted by atomic mass is 10.1. The van der Waals surface area contributed by atoms with Crippen molar-refractivity contribution in [1.29, 1.82) is 0 Å². The minimum atomic E-state index is -0.00733. The fourth-order valence-electron chi connectivity index (χ4n) is 2.62. The molecule has 1 aliphatic heterocycles. The van der Waals surface area contributed by atoms with E-state index in [1.165, 1.54) is 12.8 Å². The van der Waals surface area contributed by atoms with Gasteiger partial charge < -0.3 is 10.2 Å². The van der Waals surface area contributed by atoms with E-state index in [0.29, 0.717) is 18.4 Å². The van der Waals surface area contributed by atoms with Crippen molar-refractivity contribution in [3.63, 3.8) is 0 Å². The summed E-state index contributed by atoms with van der Waals surface area (Å²) in [5.74, 6) is 1.52. The molecule has 1 unspecified atom stereocenters. The molecule has 1 aromatic heterocycles. The number of nitrogens with zero attached hydrogens (tertiary/aromatic N) is 3. The van der Waals surface area contributed by atoms with Gasteiger partial charge in [0.15, 0.2) is 0 Å². The van der Waals surface area contributed by atoms with Gasteiger partial charge in [0.05, 0.1) is 6.17 Å². The van der Waals surface area contributed by atoms with E-state index in [2.05, 4.69) is 34.2 Å². The fourth-order valence-corrected chi connectivity index (χ4v) is 2.62. The second-order valence-corrected chi connectivity index (χ2v) is 5.35. The quantitative estimate of drug-likeness (QED) is 0.917. The average Bonchev–Trinajstić information content (AvgIpc) is 2.47. The molecule has 1 saturated heterocycles. The van der Waals surface area contributed by atoms with E-state index in [1.54, 1.807) is 0 Å². The zero-order chi connectivity index (χ0) is 14.5. The van der Waals surface area contributed by atoms with Crippen LogP contribution in [0, 0.1) is 0 Å². The molecule has 0 radical (unpaired) electrons. The lowest BCUT2D eigenvalue weighted by molar-refractivity contribution is -0.115. The lowest BCUT2D eigenvalue weighted by Gasteiger charge is -2.39. The second-order valence-electron chi connectivity index (χ2n) is 5.35. The summed E-state index contributed by atoms with van der Waals surface area (Å²) in [6.07, 6.45) is 4.52. The third-order valence-electron chi connectivity index (χ3n) is 3.86. The van der Waals surface area contributed by atoms with Gasteiger partial charge in [-0.1, -0.05) is 13.0 Å². The summed E-state index contributed by atoms with van der Waals surface area (Å²) < 4.78 is 0. The van der Waals surface area contributed by atoms with E-state index in [4.69, 9.17) is 0 Å². The van der Waals surface area contributed by atoms with Crippen molar-refractivity contribution in [1.82, 2.24) is 9.88 Å². The topological polar surface area (TPSA) is 48.5 Å². The van der Waals surface area contributed by atoms with Gasteiger partial charge in [0, 0.05) is 13.5 Å². The highest BCUT2D eigenvalue weighted by Crippen LogP contribution is 2.22. The summed E-state index contributed by atoms with van der Waals surface area (Å²) >= 11 is 0. The van der Waals surface area contributed by atoms with E-state index in [1.807, 2.05) is 25.1 Å². The highest BCUT2D eigenvalue weighted by molar-refractivity contribution is 5.89.